The second-order valence-electron chi connectivity index (χ2n) is 6.40. The summed E-state index contributed by atoms with van der Waals surface area (Å²) < 4.78 is 7.30. The van der Waals surface area contributed by atoms with E-state index >= 15 is 0 Å². The monoisotopic (exact) mass is 315 g/mol. The lowest BCUT2D eigenvalue weighted by Gasteiger charge is -2.16. The Balaban J connectivity index is 1.51. The smallest absolute Gasteiger partial charge is 0.274 e. The fourth-order valence-electron chi connectivity index (χ4n) is 3.47. The van der Waals surface area contributed by atoms with Crippen molar-refractivity contribution in [3.05, 3.63) is 34.4 Å². The number of hydrogen-bond donors (Lipinski definition) is 1. The van der Waals surface area contributed by atoms with Crippen LogP contribution < -0.4 is 0 Å². The van der Waals surface area contributed by atoms with Crippen LogP contribution in [0.15, 0.2) is 6.07 Å². The lowest BCUT2D eigenvalue weighted by atomic mass is 9.98. The Labute approximate surface area is 134 Å². The molecular weight excluding hydrogens is 294 g/mol. The first-order chi connectivity index (χ1) is 11.1. The first-order valence-electron chi connectivity index (χ1n) is 8.07. The molecule has 1 atom stereocenters. The van der Waals surface area contributed by atoms with Crippen LogP contribution in [0.1, 0.15) is 45.5 Å². The largest absolute Gasteiger partial charge is 0.376 e. The summed E-state index contributed by atoms with van der Waals surface area (Å²) in [6.45, 7) is 4.79. The number of aromatic amines is 1. The molecule has 0 radical (unpaired) electrons. The SMILES string of the molecule is Cc1cc(C(=O)N2CCC(c3n[nH]c4c3COCC4)C2)nn1C. The predicted octanol–water partition coefficient (Wildman–Crippen LogP) is 1.15. The maximum Gasteiger partial charge on any atom is 0.274 e. The Bertz CT molecular complexity index is 728. The van der Waals surface area contributed by atoms with Gasteiger partial charge in [-0.2, -0.15) is 10.2 Å². The summed E-state index contributed by atoms with van der Waals surface area (Å²) in [6, 6.07) is 1.85. The van der Waals surface area contributed by atoms with Crippen LogP contribution in [0.2, 0.25) is 0 Å². The number of fused-ring (bicyclic) bond motifs is 1. The lowest BCUT2D eigenvalue weighted by molar-refractivity contribution is 0.0784. The Morgan fingerprint density at radius 2 is 2.35 bits per heavy atom. The average molecular weight is 315 g/mol. The average Bonchev–Trinajstić information content (AvgIpc) is 3.25. The van der Waals surface area contributed by atoms with E-state index in [0.29, 0.717) is 18.8 Å². The molecule has 4 rings (SSSR count). The second-order valence-corrected chi connectivity index (χ2v) is 6.40. The molecule has 2 aliphatic rings. The molecule has 2 aromatic heterocycles. The summed E-state index contributed by atoms with van der Waals surface area (Å²) in [5.74, 6) is 0.294. The van der Waals surface area contributed by atoms with Crippen molar-refractivity contribution in [3.8, 4) is 0 Å². The summed E-state index contributed by atoms with van der Waals surface area (Å²) in [6.07, 6.45) is 1.83. The highest BCUT2D eigenvalue weighted by atomic mass is 16.5. The van der Waals surface area contributed by atoms with Gasteiger partial charge in [-0.1, -0.05) is 0 Å². The van der Waals surface area contributed by atoms with E-state index in [1.165, 1.54) is 11.3 Å². The molecule has 122 valence electrons. The van der Waals surface area contributed by atoms with E-state index in [9.17, 15) is 4.79 Å². The molecule has 1 amide bonds. The fourth-order valence-corrected chi connectivity index (χ4v) is 3.47. The van der Waals surface area contributed by atoms with E-state index < -0.39 is 0 Å². The zero-order valence-corrected chi connectivity index (χ0v) is 13.5. The summed E-state index contributed by atoms with van der Waals surface area (Å²) in [4.78, 5) is 14.5. The number of nitrogens with zero attached hydrogens (tertiary/aromatic N) is 4. The second kappa shape index (κ2) is 5.49. The molecule has 1 saturated heterocycles. The third-order valence-electron chi connectivity index (χ3n) is 4.92. The van der Waals surface area contributed by atoms with Crippen molar-refractivity contribution in [2.45, 2.75) is 32.3 Å². The van der Waals surface area contributed by atoms with Gasteiger partial charge in [0.1, 0.15) is 0 Å². The van der Waals surface area contributed by atoms with E-state index in [2.05, 4.69) is 15.3 Å². The molecule has 2 aromatic rings. The molecule has 0 saturated carbocycles. The van der Waals surface area contributed by atoms with Crippen LogP contribution in [-0.2, 0) is 24.8 Å². The third kappa shape index (κ3) is 2.45. The van der Waals surface area contributed by atoms with E-state index in [1.807, 2.05) is 24.9 Å². The first-order valence-corrected chi connectivity index (χ1v) is 8.07. The minimum atomic E-state index is 0.0110. The molecule has 0 bridgehead atoms. The van der Waals surface area contributed by atoms with Gasteiger partial charge in [0.05, 0.1) is 18.9 Å². The maximum absolute atomic E-state index is 12.6. The zero-order chi connectivity index (χ0) is 16.0. The number of amides is 1. The summed E-state index contributed by atoms with van der Waals surface area (Å²) in [7, 11) is 1.86. The molecule has 0 aromatic carbocycles. The minimum Gasteiger partial charge on any atom is -0.376 e. The van der Waals surface area contributed by atoms with Crippen molar-refractivity contribution >= 4 is 5.91 Å². The molecule has 7 nitrogen and oxygen atoms in total. The van der Waals surface area contributed by atoms with E-state index in [-0.39, 0.29) is 11.8 Å². The van der Waals surface area contributed by atoms with E-state index in [0.717, 1.165) is 37.4 Å². The molecule has 7 heteroatoms. The highest BCUT2D eigenvalue weighted by Gasteiger charge is 2.33. The van der Waals surface area contributed by atoms with Gasteiger partial charge in [-0.3, -0.25) is 14.6 Å². The summed E-state index contributed by atoms with van der Waals surface area (Å²) in [5.41, 5.74) is 4.98. The molecule has 1 unspecified atom stereocenters. The number of nitrogens with one attached hydrogen (secondary N) is 1. The topological polar surface area (TPSA) is 76.0 Å². The number of rotatable bonds is 2. The number of carbonyl (C=O) groups is 1. The molecule has 0 spiro atoms. The van der Waals surface area contributed by atoms with E-state index in [4.69, 9.17) is 4.74 Å². The number of hydrogen-bond acceptors (Lipinski definition) is 4. The Hall–Kier alpha value is -2.15. The Morgan fingerprint density at radius 1 is 1.48 bits per heavy atom. The molecule has 23 heavy (non-hydrogen) atoms. The van der Waals surface area contributed by atoms with Crippen LogP contribution in [0.5, 0.6) is 0 Å². The molecule has 1 fully saturated rings. The number of ether oxygens (including phenoxy) is 1. The Morgan fingerprint density at radius 3 is 3.13 bits per heavy atom. The van der Waals surface area contributed by atoms with Crippen LogP contribution in [0.4, 0.5) is 0 Å². The molecular formula is C16H21N5O2. The molecule has 1 N–H and O–H groups in total. The highest BCUT2D eigenvalue weighted by Crippen LogP contribution is 2.31. The zero-order valence-electron chi connectivity index (χ0n) is 13.5. The van der Waals surface area contributed by atoms with Crippen LogP contribution >= 0.6 is 0 Å². The van der Waals surface area contributed by atoms with E-state index in [1.54, 1.807) is 4.68 Å². The number of aromatic nitrogens is 4. The third-order valence-corrected chi connectivity index (χ3v) is 4.92. The normalized spacial score (nSPS) is 20.8. The van der Waals surface area contributed by atoms with Gasteiger partial charge in [0.2, 0.25) is 0 Å². The van der Waals surface area contributed by atoms with Crippen LogP contribution in [0.3, 0.4) is 0 Å². The van der Waals surface area contributed by atoms with Crippen molar-refractivity contribution < 1.29 is 9.53 Å². The van der Waals surface area contributed by atoms with Crippen molar-refractivity contribution in [1.29, 1.82) is 0 Å². The van der Waals surface area contributed by atoms with Crippen molar-refractivity contribution in [3.63, 3.8) is 0 Å². The van der Waals surface area contributed by atoms with Gasteiger partial charge >= 0.3 is 0 Å². The Kier molecular flexibility index (Phi) is 3.45. The molecule has 2 aliphatic heterocycles. The van der Waals surface area contributed by atoms with Crippen molar-refractivity contribution in [2.75, 3.05) is 19.7 Å². The first kappa shape index (κ1) is 14.4. The van der Waals surface area contributed by atoms with Gasteiger partial charge in [-0.25, -0.2) is 0 Å². The van der Waals surface area contributed by atoms with Gasteiger partial charge in [-0.05, 0) is 19.4 Å². The van der Waals surface area contributed by atoms with Gasteiger partial charge in [0, 0.05) is 49.4 Å². The van der Waals surface area contributed by atoms with Crippen LogP contribution in [-0.4, -0.2) is 50.5 Å². The number of likely N-dealkylation sites (tertiary alicyclic amines) is 1. The minimum absolute atomic E-state index is 0.0110. The van der Waals surface area contributed by atoms with Gasteiger partial charge in [0.15, 0.2) is 5.69 Å². The lowest BCUT2D eigenvalue weighted by Crippen LogP contribution is -2.29. The fraction of sp³-hybridized carbons (Fsp3) is 0.562. The van der Waals surface area contributed by atoms with Gasteiger partial charge in [0.25, 0.3) is 5.91 Å². The number of carbonyl (C=O) groups excluding carboxylic acids is 1. The summed E-state index contributed by atoms with van der Waals surface area (Å²) >= 11 is 0. The summed E-state index contributed by atoms with van der Waals surface area (Å²) in [5, 5.41) is 11.9. The van der Waals surface area contributed by atoms with Crippen LogP contribution in [0, 0.1) is 6.92 Å². The standard InChI is InChI=1S/C16H21N5O2/c1-10-7-14(19-20(10)2)16(22)21-5-3-11(8-21)15-12-9-23-6-4-13(12)17-18-15/h7,11H,3-6,8-9H2,1-2H3,(H,17,18). The molecule has 4 heterocycles. The quantitative estimate of drug-likeness (QED) is 0.902. The van der Waals surface area contributed by atoms with Crippen molar-refractivity contribution in [1.82, 2.24) is 24.9 Å². The van der Waals surface area contributed by atoms with Gasteiger partial charge in [-0.15, -0.1) is 0 Å². The van der Waals surface area contributed by atoms with Crippen LogP contribution in [0.25, 0.3) is 0 Å². The number of aryl methyl sites for hydroxylation is 2. The number of H-pyrrole nitrogens is 1. The van der Waals surface area contributed by atoms with Crippen molar-refractivity contribution in [2.24, 2.45) is 7.05 Å². The van der Waals surface area contributed by atoms with Gasteiger partial charge < -0.3 is 9.64 Å². The maximum atomic E-state index is 12.6. The molecule has 0 aliphatic carbocycles. The highest BCUT2D eigenvalue weighted by molar-refractivity contribution is 5.92. The predicted molar refractivity (Wildman–Crippen MR) is 83.2 cm³/mol.